The van der Waals surface area contributed by atoms with Gasteiger partial charge in [0.25, 0.3) is 5.91 Å². The first-order chi connectivity index (χ1) is 10.6. The highest BCUT2D eigenvalue weighted by Gasteiger charge is 2.07. The molecule has 22 heavy (non-hydrogen) atoms. The maximum atomic E-state index is 12.1. The van der Waals surface area contributed by atoms with E-state index in [9.17, 15) is 4.79 Å². The zero-order valence-electron chi connectivity index (χ0n) is 11.8. The molecule has 0 bridgehead atoms. The molecule has 0 heterocycles. The van der Waals surface area contributed by atoms with Gasteiger partial charge in [0, 0.05) is 22.2 Å². The second-order valence-corrected chi connectivity index (χ2v) is 5.30. The SMILES string of the molecule is CO/N=C/c1ccc(C(=O)NCc2ccc(Cl)cc2Cl)cc1. The molecule has 0 saturated heterocycles. The Labute approximate surface area is 138 Å². The van der Waals surface area contributed by atoms with Crippen molar-refractivity contribution < 1.29 is 9.63 Å². The number of carbonyl (C=O) groups excluding carboxylic acids is 1. The molecule has 1 N–H and O–H groups in total. The summed E-state index contributed by atoms with van der Waals surface area (Å²) in [6, 6.07) is 12.2. The van der Waals surface area contributed by atoms with Crippen LogP contribution in [0.15, 0.2) is 47.6 Å². The number of nitrogens with one attached hydrogen (secondary N) is 1. The number of hydrogen-bond donors (Lipinski definition) is 1. The third-order valence-electron chi connectivity index (χ3n) is 2.93. The van der Waals surface area contributed by atoms with Gasteiger partial charge in [-0.3, -0.25) is 4.79 Å². The molecule has 0 aliphatic heterocycles. The van der Waals surface area contributed by atoms with E-state index in [0.29, 0.717) is 22.2 Å². The molecule has 0 saturated carbocycles. The Morgan fingerprint density at radius 3 is 2.59 bits per heavy atom. The van der Waals surface area contributed by atoms with E-state index in [2.05, 4.69) is 15.3 Å². The lowest BCUT2D eigenvalue weighted by Crippen LogP contribution is -2.22. The van der Waals surface area contributed by atoms with Crippen molar-refractivity contribution in [1.29, 1.82) is 0 Å². The zero-order valence-corrected chi connectivity index (χ0v) is 13.4. The molecule has 0 spiro atoms. The summed E-state index contributed by atoms with van der Waals surface area (Å²) >= 11 is 11.9. The van der Waals surface area contributed by atoms with Crippen molar-refractivity contribution in [3.05, 3.63) is 69.2 Å². The molecular weight excluding hydrogens is 323 g/mol. The zero-order chi connectivity index (χ0) is 15.9. The van der Waals surface area contributed by atoms with E-state index in [1.54, 1.807) is 48.7 Å². The lowest BCUT2D eigenvalue weighted by Gasteiger charge is -2.07. The van der Waals surface area contributed by atoms with Gasteiger partial charge >= 0.3 is 0 Å². The van der Waals surface area contributed by atoms with Crippen molar-refractivity contribution in [2.45, 2.75) is 6.54 Å². The van der Waals surface area contributed by atoms with Crippen molar-refractivity contribution in [2.24, 2.45) is 5.16 Å². The van der Waals surface area contributed by atoms with Gasteiger partial charge < -0.3 is 10.2 Å². The van der Waals surface area contributed by atoms with Crippen molar-refractivity contribution in [3.63, 3.8) is 0 Å². The molecule has 0 atom stereocenters. The van der Waals surface area contributed by atoms with Gasteiger partial charge in [0.15, 0.2) is 0 Å². The minimum Gasteiger partial charge on any atom is -0.399 e. The maximum absolute atomic E-state index is 12.1. The van der Waals surface area contributed by atoms with Crippen LogP contribution in [0.1, 0.15) is 21.5 Å². The molecule has 0 fully saturated rings. The van der Waals surface area contributed by atoms with E-state index in [1.165, 1.54) is 7.11 Å². The Bertz CT molecular complexity index is 685. The molecule has 6 heteroatoms. The molecule has 0 unspecified atom stereocenters. The summed E-state index contributed by atoms with van der Waals surface area (Å²) in [5.41, 5.74) is 2.21. The van der Waals surface area contributed by atoms with Crippen LogP contribution in [-0.2, 0) is 11.4 Å². The number of nitrogens with zero attached hydrogens (tertiary/aromatic N) is 1. The highest BCUT2D eigenvalue weighted by Crippen LogP contribution is 2.20. The smallest absolute Gasteiger partial charge is 0.251 e. The topological polar surface area (TPSA) is 50.7 Å². The van der Waals surface area contributed by atoms with E-state index in [1.807, 2.05) is 0 Å². The van der Waals surface area contributed by atoms with E-state index in [0.717, 1.165) is 11.1 Å². The van der Waals surface area contributed by atoms with Gasteiger partial charge in [0.1, 0.15) is 7.11 Å². The van der Waals surface area contributed by atoms with Gasteiger partial charge in [-0.1, -0.05) is 46.6 Å². The average molecular weight is 337 g/mol. The Morgan fingerprint density at radius 1 is 1.23 bits per heavy atom. The number of oxime groups is 1. The van der Waals surface area contributed by atoms with Gasteiger partial charge in [-0.05, 0) is 35.4 Å². The highest BCUT2D eigenvalue weighted by atomic mass is 35.5. The van der Waals surface area contributed by atoms with Crippen LogP contribution in [0.4, 0.5) is 0 Å². The predicted octanol–water partition coefficient (Wildman–Crippen LogP) is 3.90. The van der Waals surface area contributed by atoms with Crippen LogP contribution in [0.2, 0.25) is 10.0 Å². The molecule has 114 valence electrons. The van der Waals surface area contributed by atoms with Crippen molar-refractivity contribution in [2.75, 3.05) is 7.11 Å². The van der Waals surface area contributed by atoms with Crippen molar-refractivity contribution >= 4 is 35.3 Å². The number of benzene rings is 2. The summed E-state index contributed by atoms with van der Waals surface area (Å²) in [4.78, 5) is 16.7. The third-order valence-corrected chi connectivity index (χ3v) is 3.52. The van der Waals surface area contributed by atoms with Crippen molar-refractivity contribution in [1.82, 2.24) is 5.32 Å². The summed E-state index contributed by atoms with van der Waals surface area (Å²) in [6.45, 7) is 0.335. The highest BCUT2D eigenvalue weighted by molar-refractivity contribution is 6.35. The molecular formula is C16H14Cl2N2O2. The maximum Gasteiger partial charge on any atom is 0.251 e. The van der Waals surface area contributed by atoms with Crippen LogP contribution < -0.4 is 5.32 Å². The van der Waals surface area contributed by atoms with E-state index in [4.69, 9.17) is 23.2 Å². The summed E-state index contributed by atoms with van der Waals surface area (Å²) in [7, 11) is 1.47. The second-order valence-electron chi connectivity index (χ2n) is 4.46. The summed E-state index contributed by atoms with van der Waals surface area (Å²) in [6.07, 6.45) is 1.56. The summed E-state index contributed by atoms with van der Waals surface area (Å²) in [5.74, 6) is -0.179. The van der Waals surface area contributed by atoms with Crippen LogP contribution in [-0.4, -0.2) is 19.2 Å². The fourth-order valence-electron chi connectivity index (χ4n) is 1.78. The van der Waals surface area contributed by atoms with Gasteiger partial charge in [0.05, 0.1) is 6.21 Å². The van der Waals surface area contributed by atoms with Crippen LogP contribution in [0.3, 0.4) is 0 Å². The van der Waals surface area contributed by atoms with Gasteiger partial charge in [-0.15, -0.1) is 0 Å². The van der Waals surface area contributed by atoms with Gasteiger partial charge in [0.2, 0.25) is 0 Å². The van der Waals surface area contributed by atoms with Crippen LogP contribution in [0.5, 0.6) is 0 Å². The number of hydrogen-bond acceptors (Lipinski definition) is 3. The van der Waals surface area contributed by atoms with Crippen LogP contribution >= 0.6 is 23.2 Å². The lowest BCUT2D eigenvalue weighted by atomic mass is 10.1. The quantitative estimate of drug-likeness (QED) is 0.664. The van der Waals surface area contributed by atoms with Crippen LogP contribution in [0, 0.1) is 0 Å². The average Bonchev–Trinajstić information content (AvgIpc) is 2.52. The molecule has 1 amide bonds. The molecule has 4 nitrogen and oxygen atoms in total. The summed E-state index contributed by atoms with van der Waals surface area (Å²) < 4.78 is 0. The number of amides is 1. The van der Waals surface area contributed by atoms with Crippen molar-refractivity contribution in [3.8, 4) is 0 Å². The third kappa shape index (κ3) is 4.48. The number of halogens is 2. The van der Waals surface area contributed by atoms with E-state index in [-0.39, 0.29) is 5.91 Å². The molecule has 0 radical (unpaired) electrons. The first-order valence-corrected chi connectivity index (χ1v) is 7.24. The van der Waals surface area contributed by atoms with Crippen LogP contribution in [0.25, 0.3) is 0 Å². The lowest BCUT2D eigenvalue weighted by molar-refractivity contribution is 0.0951. The number of rotatable bonds is 5. The molecule has 0 aliphatic rings. The molecule has 0 aromatic heterocycles. The fourth-order valence-corrected chi connectivity index (χ4v) is 2.25. The second kappa shape index (κ2) is 7.82. The first-order valence-electron chi connectivity index (χ1n) is 6.49. The largest absolute Gasteiger partial charge is 0.399 e. The summed E-state index contributed by atoms with van der Waals surface area (Å²) in [5, 5.41) is 7.56. The predicted molar refractivity (Wildman–Crippen MR) is 88.7 cm³/mol. The molecule has 2 aromatic carbocycles. The Balaban J connectivity index is 1.98. The van der Waals surface area contributed by atoms with Gasteiger partial charge in [-0.2, -0.15) is 0 Å². The minimum absolute atomic E-state index is 0.179. The van der Waals surface area contributed by atoms with E-state index < -0.39 is 0 Å². The normalized spacial score (nSPS) is 10.7. The molecule has 0 aliphatic carbocycles. The fraction of sp³-hybridized carbons (Fsp3) is 0.125. The standard InChI is InChI=1S/C16H14Cl2N2O2/c1-22-20-9-11-2-4-12(5-3-11)16(21)19-10-13-6-7-14(17)8-15(13)18/h2-9H,10H2,1H3,(H,19,21)/b20-9+. The Kier molecular flexibility index (Phi) is 5.81. The Morgan fingerprint density at radius 2 is 1.95 bits per heavy atom. The minimum atomic E-state index is -0.179. The monoisotopic (exact) mass is 336 g/mol. The van der Waals surface area contributed by atoms with Gasteiger partial charge in [-0.25, -0.2) is 0 Å². The molecule has 2 rings (SSSR count). The van der Waals surface area contributed by atoms with E-state index >= 15 is 0 Å². The number of carbonyl (C=O) groups is 1. The molecule has 2 aromatic rings. The Hall–Kier alpha value is -2.04. The first kappa shape index (κ1) is 16.3.